The minimum atomic E-state index is 1.12. The molecule has 0 heterocycles. The Morgan fingerprint density at radius 2 is 0.528 bits per heavy atom. The van der Waals surface area contributed by atoms with E-state index in [2.05, 4.69) is 159 Å². The van der Waals surface area contributed by atoms with E-state index >= 15 is 0 Å². The lowest BCUT2D eigenvalue weighted by atomic mass is 10.1. The van der Waals surface area contributed by atoms with Crippen molar-refractivity contribution in [3.05, 3.63) is 144 Å². The highest BCUT2D eigenvalue weighted by Gasteiger charge is 2.17. The van der Waals surface area contributed by atoms with E-state index in [-0.39, 0.29) is 0 Å². The van der Waals surface area contributed by atoms with Crippen LogP contribution in [0.4, 0.5) is 34.1 Å². The summed E-state index contributed by atoms with van der Waals surface area (Å²) in [6, 6.07) is 43.6. The van der Waals surface area contributed by atoms with Gasteiger partial charge in [0.05, 0.1) is 0 Å². The zero-order valence-electron chi connectivity index (χ0n) is 21.4. The van der Waals surface area contributed by atoms with Crippen molar-refractivity contribution in [2.45, 2.75) is 27.7 Å². The molecule has 5 aromatic rings. The fraction of sp³-hybridized carbons (Fsp3) is 0.118. The SMILES string of the molecule is Cc1cccc(N(c2cccc(C)c2)c2cccc(N(c3cccc(C)c3)c3cccc(C)c3)c2)c1. The average Bonchev–Trinajstić information content (AvgIpc) is 2.85. The molecule has 0 N–H and O–H groups in total. The van der Waals surface area contributed by atoms with Crippen LogP contribution in [0.2, 0.25) is 0 Å². The second-order valence-corrected chi connectivity index (χ2v) is 9.55. The van der Waals surface area contributed by atoms with Gasteiger partial charge < -0.3 is 9.80 Å². The Hall–Kier alpha value is -4.30. The van der Waals surface area contributed by atoms with Crippen LogP contribution >= 0.6 is 0 Å². The summed E-state index contributed by atoms with van der Waals surface area (Å²) in [4.78, 5) is 4.68. The second-order valence-electron chi connectivity index (χ2n) is 9.55. The fourth-order valence-corrected chi connectivity index (χ4v) is 4.73. The molecule has 178 valence electrons. The lowest BCUT2D eigenvalue weighted by molar-refractivity contribution is 1.23. The molecule has 36 heavy (non-hydrogen) atoms. The Labute approximate surface area is 215 Å². The highest BCUT2D eigenvalue weighted by atomic mass is 15.2. The first-order chi connectivity index (χ1) is 17.5. The Morgan fingerprint density at radius 3 is 0.778 bits per heavy atom. The summed E-state index contributed by atoms with van der Waals surface area (Å²) < 4.78 is 0. The summed E-state index contributed by atoms with van der Waals surface area (Å²) >= 11 is 0. The molecular formula is C34H32N2. The minimum Gasteiger partial charge on any atom is -0.310 e. The van der Waals surface area contributed by atoms with Crippen LogP contribution in [0.15, 0.2) is 121 Å². The third-order valence-electron chi connectivity index (χ3n) is 6.39. The minimum absolute atomic E-state index is 1.12. The molecule has 0 fully saturated rings. The zero-order valence-corrected chi connectivity index (χ0v) is 21.4. The Bertz CT molecular complexity index is 1300. The first kappa shape index (κ1) is 23.4. The Balaban J connectivity index is 1.69. The van der Waals surface area contributed by atoms with Crippen molar-refractivity contribution in [2.75, 3.05) is 9.80 Å². The number of nitrogens with zero attached hydrogens (tertiary/aromatic N) is 2. The molecule has 5 aromatic carbocycles. The van der Waals surface area contributed by atoms with Gasteiger partial charge in [0.25, 0.3) is 0 Å². The standard InChI is InChI=1S/C34H32N2/c1-25-10-5-14-29(20-25)35(30-15-6-11-26(2)21-30)33-18-9-19-34(24-33)36(31-16-7-12-27(3)22-31)32-17-8-13-28(4)23-32/h5-24H,1-4H3. The third-order valence-corrected chi connectivity index (χ3v) is 6.39. The van der Waals surface area contributed by atoms with Crippen molar-refractivity contribution in [3.8, 4) is 0 Å². The lowest BCUT2D eigenvalue weighted by Gasteiger charge is -2.30. The van der Waals surface area contributed by atoms with Crippen LogP contribution < -0.4 is 9.80 Å². The molecule has 0 radical (unpaired) electrons. The topological polar surface area (TPSA) is 6.48 Å². The maximum atomic E-state index is 2.34. The lowest BCUT2D eigenvalue weighted by Crippen LogP contribution is -2.13. The van der Waals surface area contributed by atoms with E-state index in [0.717, 1.165) is 34.1 Å². The summed E-state index contributed by atoms with van der Waals surface area (Å²) in [7, 11) is 0. The summed E-state index contributed by atoms with van der Waals surface area (Å²) in [6.07, 6.45) is 0. The van der Waals surface area contributed by atoms with Crippen molar-refractivity contribution >= 4 is 34.1 Å². The Morgan fingerprint density at radius 1 is 0.306 bits per heavy atom. The number of hydrogen-bond donors (Lipinski definition) is 0. The number of anilines is 6. The molecule has 2 heteroatoms. The van der Waals surface area contributed by atoms with E-state index in [1.165, 1.54) is 22.3 Å². The van der Waals surface area contributed by atoms with Crippen LogP contribution in [0, 0.1) is 27.7 Å². The normalized spacial score (nSPS) is 10.8. The highest BCUT2D eigenvalue weighted by Crippen LogP contribution is 2.40. The van der Waals surface area contributed by atoms with E-state index in [9.17, 15) is 0 Å². The van der Waals surface area contributed by atoms with Gasteiger partial charge in [0.2, 0.25) is 0 Å². The summed E-state index contributed by atoms with van der Waals surface area (Å²) in [5.74, 6) is 0. The fourth-order valence-electron chi connectivity index (χ4n) is 4.73. The van der Waals surface area contributed by atoms with Crippen LogP contribution in [-0.2, 0) is 0 Å². The molecular weight excluding hydrogens is 436 g/mol. The average molecular weight is 469 g/mol. The van der Waals surface area contributed by atoms with Crippen molar-refractivity contribution in [2.24, 2.45) is 0 Å². The third kappa shape index (κ3) is 5.04. The maximum Gasteiger partial charge on any atom is 0.0482 e. The van der Waals surface area contributed by atoms with Gasteiger partial charge >= 0.3 is 0 Å². The number of hydrogen-bond acceptors (Lipinski definition) is 2. The molecule has 0 saturated heterocycles. The molecule has 0 aliphatic heterocycles. The van der Waals surface area contributed by atoms with Gasteiger partial charge in [-0.15, -0.1) is 0 Å². The summed E-state index contributed by atoms with van der Waals surface area (Å²) in [6.45, 7) is 8.58. The van der Waals surface area contributed by atoms with E-state index in [1.54, 1.807) is 0 Å². The van der Waals surface area contributed by atoms with E-state index < -0.39 is 0 Å². The summed E-state index contributed by atoms with van der Waals surface area (Å²) in [5, 5.41) is 0. The molecule has 0 spiro atoms. The number of benzene rings is 5. The predicted molar refractivity (Wildman–Crippen MR) is 155 cm³/mol. The van der Waals surface area contributed by atoms with Gasteiger partial charge in [-0.1, -0.05) is 54.6 Å². The van der Waals surface area contributed by atoms with Crippen LogP contribution in [0.1, 0.15) is 22.3 Å². The molecule has 0 bridgehead atoms. The van der Waals surface area contributed by atoms with Gasteiger partial charge in [-0.2, -0.15) is 0 Å². The Kier molecular flexibility index (Phi) is 6.60. The largest absolute Gasteiger partial charge is 0.310 e. The molecule has 0 saturated carbocycles. The van der Waals surface area contributed by atoms with Crippen molar-refractivity contribution in [1.82, 2.24) is 0 Å². The van der Waals surface area contributed by atoms with Gasteiger partial charge in [0.1, 0.15) is 0 Å². The molecule has 0 aromatic heterocycles. The summed E-state index contributed by atoms with van der Waals surface area (Å²) in [5.41, 5.74) is 11.8. The first-order valence-electron chi connectivity index (χ1n) is 12.4. The zero-order chi connectivity index (χ0) is 25.1. The number of rotatable bonds is 6. The number of aryl methyl sites for hydroxylation is 4. The smallest absolute Gasteiger partial charge is 0.0482 e. The van der Waals surface area contributed by atoms with E-state index in [4.69, 9.17) is 0 Å². The molecule has 0 amide bonds. The van der Waals surface area contributed by atoms with Gasteiger partial charge in [-0.25, -0.2) is 0 Å². The van der Waals surface area contributed by atoms with Gasteiger partial charge in [0.15, 0.2) is 0 Å². The molecule has 0 aliphatic rings. The molecule has 0 atom stereocenters. The van der Waals surface area contributed by atoms with E-state index in [0.29, 0.717) is 0 Å². The quantitative estimate of drug-likeness (QED) is 0.245. The van der Waals surface area contributed by atoms with Gasteiger partial charge in [0, 0.05) is 34.1 Å². The van der Waals surface area contributed by atoms with Gasteiger partial charge in [-0.3, -0.25) is 0 Å². The molecule has 0 aliphatic carbocycles. The van der Waals surface area contributed by atoms with Crippen LogP contribution in [-0.4, -0.2) is 0 Å². The van der Waals surface area contributed by atoms with Crippen LogP contribution in [0.3, 0.4) is 0 Å². The van der Waals surface area contributed by atoms with Crippen molar-refractivity contribution in [3.63, 3.8) is 0 Å². The monoisotopic (exact) mass is 468 g/mol. The molecule has 2 nitrogen and oxygen atoms in total. The van der Waals surface area contributed by atoms with Crippen molar-refractivity contribution in [1.29, 1.82) is 0 Å². The van der Waals surface area contributed by atoms with Gasteiger partial charge in [-0.05, 0) is 117 Å². The first-order valence-corrected chi connectivity index (χ1v) is 12.4. The predicted octanol–water partition coefficient (Wildman–Crippen LogP) is 9.86. The van der Waals surface area contributed by atoms with E-state index in [1.807, 2.05) is 0 Å². The maximum absolute atomic E-state index is 2.34. The van der Waals surface area contributed by atoms with Crippen molar-refractivity contribution < 1.29 is 0 Å². The molecule has 0 unspecified atom stereocenters. The van der Waals surface area contributed by atoms with Crippen LogP contribution in [0.5, 0.6) is 0 Å². The molecule has 5 rings (SSSR count). The second kappa shape index (κ2) is 10.1. The van der Waals surface area contributed by atoms with Crippen LogP contribution in [0.25, 0.3) is 0 Å². The highest BCUT2D eigenvalue weighted by molar-refractivity contribution is 5.83.